The second-order valence-corrected chi connectivity index (χ2v) is 7.91. The number of furan rings is 1. The van der Waals surface area contributed by atoms with Crippen LogP contribution in [0.5, 0.6) is 0 Å². The minimum absolute atomic E-state index is 0.0980. The summed E-state index contributed by atoms with van der Waals surface area (Å²) < 4.78 is 6.01. The predicted molar refractivity (Wildman–Crippen MR) is 105 cm³/mol. The first-order valence-corrected chi connectivity index (χ1v) is 8.92. The molecule has 2 aromatic carbocycles. The van der Waals surface area contributed by atoms with Gasteiger partial charge < -0.3 is 4.42 Å². The Morgan fingerprint density at radius 3 is 2.24 bits per heavy atom. The molecule has 126 valence electrons. The molecule has 0 radical (unpaired) electrons. The number of allylic oxidation sites excluding steroid dienone is 1. The van der Waals surface area contributed by atoms with E-state index in [4.69, 9.17) is 4.42 Å². The first kappa shape index (κ1) is 16.0. The maximum atomic E-state index is 6.01. The van der Waals surface area contributed by atoms with Gasteiger partial charge >= 0.3 is 0 Å². The van der Waals surface area contributed by atoms with Crippen molar-refractivity contribution >= 4 is 11.6 Å². The van der Waals surface area contributed by atoms with Gasteiger partial charge in [0.05, 0.1) is 0 Å². The minimum atomic E-state index is 0.0980. The smallest absolute Gasteiger partial charge is 0.131 e. The third-order valence-electron chi connectivity index (χ3n) is 5.02. The second kappa shape index (κ2) is 5.77. The molecule has 1 aromatic heterocycles. The summed E-state index contributed by atoms with van der Waals surface area (Å²) >= 11 is 0. The van der Waals surface area contributed by atoms with Crippen molar-refractivity contribution in [2.24, 2.45) is 0 Å². The molecular weight excluding hydrogens is 304 g/mol. The fraction of sp³-hybridized carbons (Fsp3) is 0.250. The molecule has 0 fully saturated rings. The van der Waals surface area contributed by atoms with Crippen LogP contribution in [0.25, 0.3) is 11.6 Å². The van der Waals surface area contributed by atoms with Crippen molar-refractivity contribution in [3.8, 4) is 0 Å². The van der Waals surface area contributed by atoms with Gasteiger partial charge in [0.2, 0.25) is 0 Å². The molecule has 0 amide bonds. The highest BCUT2D eigenvalue weighted by Gasteiger charge is 2.33. The highest BCUT2D eigenvalue weighted by atomic mass is 16.3. The van der Waals surface area contributed by atoms with Gasteiger partial charge in [-0.1, -0.05) is 69.3 Å². The maximum Gasteiger partial charge on any atom is 0.131 e. The van der Waals surface area contributed by atoms with E-state index in [0.717, 1.165) is 11.5 Å². The summed E-state index contributed by atoms with van der Waals surface area (Å²) in [6.45, 7) is 8.88. The number of aryl methyl sites for hydroxylation is 1. The Bertz CT molecular complexity index is 936. The Balaban J connectivity index is 1.96. The summed E-state index contributed by atoms with van der Waals surface area (Å²) in [6, 6.07) is 21.6. The van der Waals surface area contributed by atoms with Crippen LogP contribution in [0.15, 0.2) is 65.1 Å². The van der Waals surface area contributed by atoms with Crippen LogP contribution in [0.3, 0.4) is 0 Å². The normalized spacial score (nSPS) is 16.6. The molecule has 1 atom stereocenters. The molecule has 0 bridgehead atoms. The molecule has 1 aliphatic rings. The Morgan fingerprint density at radius 1 is 0.840 bits per heavy atom. The van der Waals surface area contributed by atoms with Gasteiger partial charge in [-0.05, 0) is 52.8 Å². The van der Waals surface area contributed by atoms with Crippen LogP contribution in [0.4, 0.5) is 0 Å². The molecule has 1 nitrogen and oxygen atoms in total. The van der Waals surface area contributed by atoms with Gasteiger partial charge in [-0.2, -0.15) is 0 Å². The molecule has 1 heteroatoms. The lowest BCUT2D eigenvalue weighted by Gasteiger charge is -2.27. The van der Waals surface area contributed by atoms with Crippen molar-refractivity contribution in [3.05, 3.63) is 94.4 Å². The minimum Gasteiger partial charge on any atom is -0.462 e. The van der Waals surface area contributed by atoms with Crippen LogP contribution in [0.1, 0.15) is 60.5 Å². The SMILES string of the molecule is Cc1ccc(C2=Cc3cccc(C(C)(C)C)c3C2c2ccccc2)o1. The lowest BCUT2D eigenvalue weighted by molar-refractivity contribution is 0.518. The zero-order chi connectivity index (χ0) is 17.6. The van der Waals surface area contributed by atoms with E-state index in [0.29, 0.717) is 0 Å². The molecule has 25 heavy (non-hydrogen) atoms. The van der Waals surface area contributed by atoms with Gasteiger partial charge in [-0.25, -0.2) is 0 Å². The van der Waals surface area contributed by atoms with Crippen molar-refractivity contribution in [2.45, 2.75) is 39.0 Å². The lowest BCUT2D eigenvalue weighted by atomic mass is 9.77. The van der Waals surface area contributed by atoms with Gasteiger partial charge in [0.25, 0.3) is 0 Å². The number of hydrogen-bond donors (Lipinski definition) is 0. The van der Waals surface area contributed by atoms with Crippen LogP contribution < -0.4 is 0 Å². The predicted octanol–water partition coefficient (Wildman–Crippen LogP) is 6.57. The number of rotatable bonds is 2. The second-order valence-electron chi connectivity index (χ2n) is 7.91. The quantitative estimate of drug-likeness (QED) is 0.518. The van der Waals surface area contributed by atoms with Gasteiger partial charge in [-0.3, -0.25) is 0 Å². The van der Waals surface area contributed by atoms with E-state index in [1.54, 1.807) is 0 Å². The summed E-state index contributed by atoms with van der Waals surface area (Å²) in [5, 5.41) is 0. The highest BCUT2D eigenvalue weighted by molar-refractivity contribution is 5.93. The summed E-state index contributed by atoms with van der Waals surface area (Å²) in [6.07, 6.45) is 2.31. The fourth-order valence-electron chi connectivity index (χ4n) is 3.89. The molecule has 1 aliphatic carbocycles. The van der Waals surface area contributed by atoms with E-state index in [2.05, 4.69) is 81.4 Å². The third-order valence-corrected chi connectivity index (χ3v) is 5.02. The summed E-state index contributed by atoms with van der Waals surface area (Å²) in [5.41, 5.74) is 6.81. The van der Waals surface area contributed by atoms with E-state index in [-0.39, 0.29) is 11.3 Å². The molecule has 3 aromatic rings. The van der Waals surface area contributed by atoms with Gasteiger partial charge in [0.15, 0.2) is 0 Å². The monoisotopic (exact) mass is 328 g/mol. The van der Waals surface area contributed by atoms with E-state index >= 15 is 0 Å². The summed E-state index contributed by atoms with van der Waals surface area (Å²) in [5.74, 6) is 2.15. The molecule has 4 rings (SSSR count). The van der Waals surface area contributed by atoms with Crippen LogP contribution in [0.2, 0.25) is 0 Å². The standard InChI is InChI=1S/C24H24O/c1-16-13-14-21(25-16)19-15-18-11-8-12-20(24(2,3)4)23(18)22(19)17-9-6-5-7-10-17/h5-15,22H,1-4H3. The maximum absolute atomic E-state index is 6.01. The van der Waals surface area contributed by atoms with Crippen molar-refractivity contribution in [1.29, 1.82) is 0 Å². The zero-order valence-corrected chi connectivity index (χ0v) is 15.3. The van der Waals surface area contributed by atoms with Crippen molar-refractivity contribution in [1.82, 2.24) is 0 Å². The van der Waals surface area contributed by atoms with E-state index in [1.807, 2.05) is 13.0 Å². The zero-order valence-electron chi connectivity index (χ0n) is 15.3. The van der Waals surface area contributed by atoms with Gasteiger partial charge in [0.1, 0.15) is 11.5 Å². The van der Waals surface area contributed by atoms with Crippen LogP contribution >= 0.6 is 0 Å². The van der Waals surface area contributed by atoms with E-state index in [1.165, 1.54) is 27.8 Å². The summed E-state index contributed by atoms with van der Waals surface area (Å²) in [4.78, 5) is 0. The van der Waals surface area contributed by atoms with E-state index in [9.17, 15) is 0 Å². The molecule has 0 saturated heterocycles. The van der Waals surface area contributed by atoms with E-state index < -0.39 is 0 Å². The Morgan fingerprint density at radius 2 is 1.60 bits per heavy atom. The third kappa shape index (κ3) is 2.74. The highest BCUT2D eigenvalue weighted by Crippen LogP contribution is 2.49. The number of fused-ring (bicyclic) bond motifs is 1. The van der Waals surface area contributed by atoms with Crippen molar-refractivity contribution in [2.75, 3.05) is 0 Å². The van der Waals surface area contributed by atoms with Gasteiger partial charge in [-0.15, -0.1) is 0 Å². The van der Waals surface area contributed by atoms with Gasteiger partial charge in [0, 0.05) is 11.5 Å². The number of hydrogen-bond acceptors (Lipinski definition) is 1. The molecule has 0 aliphatic heterocycles. The first-order chi connectivity index (χ1) is 11.9. The number of benzene rings is 2. The lowest BCUT2D eigenvalue weighted by Crippen LogP contribution is -2.16. The van der Waals surface area contributed by atoms with Crippen LogP contribution in [0, 0.1) is 6.92 Å². The molecular formula is C24H24O. The Labute approximate surface area is 150 Å². The molecule has 0 N–H and O–H groups in total. The van der Waals surface area contributed by atoms with Crippen molar-refractivity contribution in [3.63, 3.8) is 0 Å². The Kier molecular flexibility index (Phi) is 3.68. The van der Waals surface area contributed by atoms with Crippen LogP contribution in [-0.2, 0) is 5.41 Å². The largest absolute Gasteiger partial charge is 0.462 e. The summed E-state index contributed by atoms with van der Waals surface area (Å²) in [7, 11) is 0. The average molecular weight is 328 g/mol. The average Bonchev–Trinajstić information content (AvgIpc) is 3.17. The topological polar surface area (TPSA) is 13.1 Å². The molecule has 1 heterocycles. The Hall–Kier alpha value is -2.54. The molecule has 0 saturated carbocycles. The van der Waals surface area contributed by atoms with Crippen molar-refractivity contribution < 1.29 is 4.42 Å². The van der Waals surface area contributed by atoms with Crippen LogP contribution in [-0.4, -0.2) is 0 Å². The molecule has 1 unspecified atom stereocenters. The molecule has 0 spiro atoms. The fourth-order valence-corrected chi connectivity index (χ4v) is 3.89. The first-order valence-electron chi connectivity index (χ1n) is 8.92.